The molecule has 0 atom stereocenters. The van der Waals surface area contributed by atoms with Crippen LogP contribution in [0.5, 0.6) is 5.75 Å². The van der Waals surface area contributed by atoms with Crippen LogP contribution in [-0.2, 0) is 19.3 Å². The molecule has 0 spiro atoms. The Morgan fingerprint density at radius 3 is 1.90 bits per heavy atom. The summed E-state index contributed by atoms with van der Waals surface area (Å²) in [6.45, 7) is 5.24. The zero-order valence-electron chi connectivity index (χ0n) is 18.6. The van der Waals surface area contributed by atoms with E-state index in [0.29, 0.717) is 0 Å². The number of aryl methyl sites for hydroxylation is 3. The SMILES string of the molecule is CCCCCOc1ccc(-c2ccc(CCc3ccc(CCCC)nc3)cc2)cc1. The molecule has 0 saturated heterocycles. The van der Waals surface area contributed by atoms with Gasteiger partial charge in [0, 0.05) is 11.9 Å². The highest BCUT2D eigenvalue weighted by Gasteiger charge is 2.02. The summed E-state index contributed by atoms with van der Waals surface area (Å²) in [6.07, 6.45) is 11.2. The maximum absolute atomic E-state index is 5.81. The summed E-state index contributed by atoms with van der Waals surface area (Å²) in [7, 11) is 0. The minimum absolute atomic E-state index is 0.804. The number of nitrogens with zero attached hydrogens (tertiary/aromatic N) is 1. The second kappa shape index (κ2) is 12.2. The van der Waals surface area contributed by atoms with Gasteiger partial charge in [-0.15, -0.1) is 0 Å². The molecule has 30 heavy (non-hydrogen) atoms. The number of ether oxygens (including phenoxy) is 1. The van der Waals surface area contributed by atoms with Crippen molar-refractivity contribution >= 4 is 0 Å². The first-order chi connectivity index (χ1) is 14.8. The Bertz CT molecular complexity index is 851. The zero-order chi connectivity index (χ0) is 21.0. The summed E-state index contributed by atoms with van der Waals surface area (Å²) in [5.74, 6) is 0.959. The maximum Gasteiger partial charge on any atom is 0.119 e. The first kappa shape index (κ1) is 22.1. The third-order valence-electron chi connectivity index (χ3n) is 5.53. The molecule has 3 rings (SSSR count). The predicted octanol–water partition coefficient (Wildman–Crippen LogP) is 7.45. The molecule has 0 N–H and O–H groups in total. The number of benzene rings is 2. The number of unbranched alkanes of at least 4 members (excludes halogenated alkanes) is 3. The van der Waals surface area contributed by atoms with Gasteiger partial charge in [0.05, 0.1) is 6.61 Å². The second-order valence-corrected chi connectivity index (χ2v) is 8.04. The van der Waals surface area contributed by atoms with Gasteiger partial charge in [-0.05, 0) is 72.6 Å². The van der Waals surface area contributed by atoms with Crippen molar-refractivity contribution < 1.29 is 4.74 Å². The van der Waals surface area contributed by atoms with Crippen LogP contribution >= 0.6 is 0 Å². The van der Waals surface area contributed by atoms with Crippen LogP contribution < -0.4 is 4.74 Å². The van der Waals surface area contributed by atoms with Gasteiger partial charge in [-0.3, -0.25) is 4.98 Å². The summed E-state index contributed by atoms with van der Waals surface area (Å²) >= 11 is 0. The number of pyridine rings is 1. The van der Waals surface area contributed by atoms with E-state index in [2.05, 4.69) is 79.5 Å². The molecule has 0 aliphatic rings. The van der Waals surface area contributed by atoms with Crippen molar-refractivity contribution in [1.29, 1.82) is 0 Å². The molecule has 3 aromatic rings. The Balaban J connectivity index is 1.49. The van der Waals surface area contributed by atoms with Gasteiger partial charge in [0.1, 0.15) is 5.75 Å². The van der Waals surface area contributed by atoms with Crippen LogP contribution in [0.1, 0.15) is 62.8 Å². The minimum atomic E-state index is 0.804. The van der Waals surface area contributed by atoms with Gasteiger partial charge in [-0.1, -0.05) is 75.6 Å². The van der Waals surface area contributed by atoms with Crippen molar-refractivity contribution in [3.05, 3.63) is 83.7 Å². The van der Waals surface area contributed by atoms with E-state index in [1.165, 1.54) is 53.6 Å². The normalized spacial score (nSPS) is 10.9. The fraction of sp³-hybridized carbons (Fsp3) is 0.393. The van der Waals surface area contributed by atoms with E-state index < -0.39 is 0 Å². The monoisotopic (exact) mass is 401 g/mol. The van der Waals surface area contributed by atoms with Crippen molar-refractivity contribution in [1.82, 2.24) is 4.98 Å². The van der Waals surface area contributed by atoms with E-state index in [-0.39, 0.29) is 0 Å². The summed E-state index contributed by atoms with van der Waals surface area (Å²) in [5, 5.41) is 0. The summed E-state index contributed by atoms with van der Waals surface area (Å²) < 4.78 is 5.81. The van der Waals surface area contributed by atoms with Gasteiger partial charge in [-0.25, -0.2) is 0 Å². The average molecular weight is 402 g/mol. The molecule has 1 heterocycles. The fourth-order valence-electron chi connectivity index (χ4n) is 3.55. The first-order valence-corrected chi connectivity index (χ1v) is 11.5. The average Bonchev–Trinajstić information content (AvgIpc) is 2.81. The fourth-order valence-corrected chi connectivity index (χ4v) is 3.55. The highest BCUT2D eigenvalue weighted by Crippen LogP contribution is 2.23. The Morgan fingerprint density at radius 1 is 0.633 bits per heavy atom. The highest BCUT2D eigenvalue weighted by atomic mass is 16.5. The number of rotatable bonds is 12. The molecule has 0 fully saturated rings. The van der Waals surface area contributed by atoms with Gasteiger partial charge < -0.3 is 4.74 Å². The summed E-state index contributed by atoms with van der Waals surface area (Å²) in [5.41, 5.74) is 6.37. The van der Waals surface area contributed by atoms with Crippen LogP contribution in [0.25, 0.3) is 11.1 Å². The largest absolute Gasteiger partial charge is 0.494 e. The quantitative estimate of drug-likeness (QED) is 0.294. The van der Waals surface area contributed by atoms with Crippen molar-refractivity contribution in [2.75, 3.05) is 6.61 Å². The second-order valence-electron chi connectivity index (χ2n) is 8.04. The Morgan fingerprint density at radius 2 is 1.27 bits per heavy atom. The molecule has 0 bridgehead atoms. The molecule has 0 radical (unpaired) electrons. The highest BCUT2D eigenvalue weighted by molar-refractivity contribution is 5.64. The molecule has 0 saturated carbocycles. The maximum atomic E-state index is 5.81. The van der Waals surface area contributed by atoms with Crippen LogP contribution in [0.4, 0.5) is 0 Å². The van der Waals surface area contributed by atoms with Gasteiger partial charge >= 0.3 is 0 Å². The van der Waals surface area contributed by atoms with Gasteiger partial charge in [0.25, 0.3) is 0 Å². The van der Waals surface area contributed by atoms with Crippen molar-refractivity contribution in [2.45, 2.75) is 65.2 Å². The third kappa shape index (κ3) is 7.02. The van der Waals surface area contributed by atoms with Gasteiger partial charge in [-0.2, -0.15) is 0 Å². The topological polar surface area (TPSA) is 22.1 Å². The van der Waals surface area contributed by atoms with Crippen molar-refractivity contribution in [3.63, 3.8) is 0 Å². The van der Waals surface area contributed by atoms with Crippen LogP contribution in [0, 0.1) is 0 Å². The van der Waals surface area contributed by atoms with Crippen molar-refractivity contribution in [2.24, 2.45) is 0 Å². The molecule has 2 heteroatoms. The smallest absolute Gasteiger partial charge is 0.119 e. The van der Waals surface area contributed by atoms with E-state index in [1.54, 1.807) is 0 Å². The number of aromatic nitrogens is 1. The lowest BCUT2D eigenvalue weighted by Crippen LogP contribution is -1.96. The standard InChI is InChI=1S/C28H35NO/c1-3-5-7-21-30-28-19-16-26(17-20-28)25-14-11-23(12-15-25)9-10-24-13-18-27(29-22-24)8-6-4-2/h11-20,22H,3-10,21H2,1-2H3. The molecule has 2 aromatic carbocycles. The van der Waals surface area contributed by atoms with Crippen molar-refractivity contribution in [3.8, 4) is 16.9 Å². The van der Waals surface area contributed by atoms with Crippen LogP contribution in [0.3, 0.4) is 0 Å². The summed E-state index contributed by atoms with van der Waals surface area (Å²) in [6, 6.07) is 21.8. The molecule has 0 aliphatic heterocycles. The lowest BCUT2D eigenvalue weighted by Gasteiger charge is -2.08. The Labute approximate surface area is 182 Å². The Kier molecular flexibility index (Phi) is 8.96. The summed E-state index contributed by atoms with van der Waals surface area (Å²) in [4.78, 5) is 4.61. The lowest BCUT2D eigenvalue weighted by molar-refractivity contribution is 0.306. The molecule has 0 unspecified atom stereocenters. The molecule has 1 aromatic heterocycles. The van der Waals surface area contributed by atoms with Gasteiger partial charge in [0.2, 0.25) is 0 Å². The van der Waals surface area contributed by atoms with E-state index in [9.17, 15) is 0 Å². The van der Waals surface area contributed by atoms with E-state index in [0.717, 1.165) is 38.0 Å². The van der Waals surface area contributed by atoms with Crippen LogP contribution in [-0.4, -0.2) is 11.6 Å². The molecular weight excluding hydrogens is 366 g/mol. The molecule has 0 aliphatic carbocycles. The van der Waals surface area contributed by atoms with E-state index in [1.807, 2.05) is 6.20 Å². The van der Waals surface area contributed by atoms with E-state index >= 15 is 0 Å². The Hall–Kier alpha value is -2.61. The lowest BCUT2D eigenvalue weighted by atomic mass is 10.0. The third-order valence-corrected chi connectivity index (χ3v) is 5.53. The molecule has 2 nitrogen and oxygen atoms in total. The number of hydrogen-bond acceptors (Lipinski definition) is 2. The van der Waals surface area contributed by atoms with Crippen LogP contribution in [0.15, 0.2) is 66.9 Å². The minimum Gasteiger partial charge on any atom is -0.494 e. The molecular formula is C28H35NO. The van der Waals surface area contributed by atoms with Gasteiger partial charge in [0.15, 0.2) is 0 Å². The molecule has 158 valence electrons. The number of hydrogen-bond donors (Lipinski definition) is 0. The van der Waals surface area contributed by atoms with Crippen LogP contribution in [0.2, 0.25) is 0 Å². The predicted molar refractivity (Wildman–Crippen MR) is 127 cm³/mol. The zero-order valence-corrected chi connectivity index (χ0v) is 18.6. The first-order valence-electron chi connectivity index (χ1n) is 11.5. The van der Waals surface area contributed by atoms with E-state index in [4.69, 9.17) is 4.74 Å². The molecule has 0 amide bonds.